The van der Waals surface area contributed by atoms with Crippen LogP contribution in [-0.4, -0.2) is 12.1 Å². The van der Waals surface area contributed by atoms with E-state index in [0.29, 0.717) is 5.92 Å². The van der Waals surface area contributed by atoms with E-state index in [1.807, 2.05) is 0 Å². The van der Waals surface area contributed by atoms with Gasteiger partial charge in [0.1, 0.15) is 0 Å². The highest BCUT2D eigenvalue weighted by Crippen LogP contribution is 2.15. The predicted molar refractivity (Wildman–Crippen MR) is 76.6 cm³/mol. The van der Waals surface area contributed by atoms with Gasteiger partial charge in [-0.05, 0) is 50.3 Å². The first-order valence-electron chi connectivity index (χ1n) is 6.78. The van der Waals surface area contributed by atoms with Crippen molar-refractivity contribution in [1.82, 2.24) is 5.32 Å². The van der Waals surface area contributed by atoms with Gasteiger partial charge in [-0.1, -0.05) is 45.0 Å². The highest BCUT2D eigenvalue weighted by atomic mass is 14.9. The highest BCUT2D eigenvalue weighted by Gasteiger charge is 2.12. The molecule has 0 bridgehead atoms. The van der Waals surface area contributed by atoms with Crippen molar-refractivity contribution in [3.05, 3.63) is 35.4 Å². The summed E-state index contributed by atoms with van der Waals surface area (Å²) >= 11 is 0. The van der Waals surface area contributed by atoms with Crippen LogP contribution in [0.5, 0.6) is 0 Å². The summed E-state index contributed by atoms with van der Waals surface area (Å²) in [5, 5.41) is 3.59. The summed E-state index contributed by atoms with van der Waals surface area (Å²) in [4.78, 5) is 0. The van der Waals surface area contributed by atoms with Crippen molar-refractivity contribution in [3.8, 4) is 0 Å². The third-order valence-electron chi connectivity index (χ3n) is 3.55. The van der Waals surface area contributed by atoms with Crippen molar-refractivity contribution in [1.29, 1.82) is 0 Å². The first-order chi connectivity index (χ1) is 7.94. The molecule has 0 saturated carbocycles. The third-order valence-corrected chi connectivity index (χ3v) is 3.55. The van der Waals surface area contributed by atoms with Gasteiger partial charge in [0, 0.05) is 5.54 Å². The average molecular weight is 233 g/mol. The van der Waals surface area contributed by atoms with E-state index in [4.69, 9.17) is 0 Å². The molecule has 1 nitrogen and oxygen atoms in total. The zero-order valence-corrected chi connectivity index (χ0v) is 12.0. The molecule has 0 atom stereocenters. The SMILES string of the molecule is CCC(C)(C)NCCc1ccc(C(C)C)cc1. The minimum atomic E-state index is 0.262. The average Bonchev–Trinajstić information content (AvgIpc) is 2.29. The van der Waals surface area contributed by atoms with Crippen LogP contribution in [0.2, 0.25) is 0 Å². The second kappa shape index (κ2) is 6.20. The van der Waals surface area contributed by atoms with Gasteiger partial charge in [-0.15, -0.1) is 0 Å². The van der Waals surface area contributed by atoms with E-state index in [2.05, 4.69) is 64.2 Å². The maximum atomic E-state index is 3.59. The molecular formula is C16H27N. The molecule has 0 radical (unpaired) electrons. The quantitative estimate of drug-likeness (QED) is 0.779. The monoisotopic (exact) mass is 233 g/mol. The summed E-state index contributed by atoms with van der Waals surface area (Å²) in [5.41, 5.74) is 3.11. The molecule has 0 aliphatic rings. The lowest BCUT2D eigenvalue weighted by molar-refractivity contribution is 0.379. The van der Waals surface area contributed by atoms with Crippen LogP contribution in [0.4, 0.5) is 0 Å². The van der Waals surface area contributed by atoms with E-state index in [9.17, 15) is 0 Å². The van der Waals surface area contributed by atoms with Crippen LogP contribution >= 0.6 is 0 Å². The van der Waals surface area contributed by atoms with Crippen LogP contribution in [-0.2, 0) is 6.42 Å². The molecule has 0 spiro atoms. The lowest BCUT2D eigenvalue weighted by Gasteiger charge is -2.24. The van der Waals surface area contributed by atoms with Crippen LogP contribution in [0.1, 0.15) is 58.1 Å². The van der Waals surface area contributed by atoms with Crippen molar-refractivity contribution in [2.45, 2.75) is 58.9 Å². The van der Waals surface area contributed by atoms with Crippen molar-refractivity contribution in [2.24, 2.45) is 0 Å². The summed E-state index contributed by atoms with van der Waals surface area (Å²) < 4.78 is 0. The van der Waals surface area contributed by atoms with E-state index in [-0.39, 0.29) is 5.54 Å². The predicted octanol–water partition coefficient (Wildman–Crippen LogP) is 4.13. The molecule has 0 aromatic heterocycles. The Balaban J connectivity index is 2.42. The molecule has 0 saturated heterocycles. The summed E-state index contributed by atoms with van der Waals surface area (Å²) in [6.45, 7) is 12.3. The Bertz CT molecular complexity index is 322. The Hall–Kier alpha value is -0.820. The number of benzene rings is 1. The summed E-state index contributed by atoms with van der Waals surface area (Å²) in [7, 11) is 0. The van der Waals surface area contributed by atoms with Crippen molar-refractivity contribution < 1.29 is 0 Å². The smallest absolute Gasteiger partial charge is 0.0122 e. The van der Waals surface area contributed by atoms with Gasteiger partial charge in [0.2, 0.25) is 0 Å². The van der Waals surface area contributed by atoms with E-state index in [1.165, 1.54) is 17.5 Å². The number of hydrogen-bond donors (Lipinski definition) is 1. The summed E-state index contributed by atoms with van der Waals surface area (Å²) in [6, 6.07) is 9.03. The minimum absolute atomic E-state index is 0.262. The van der Waals surface area contributed by atoms with Crippen LogP contribution in [0, 0.1) is 0 Å². The first kappa shape index (κ1) is 14.2. The van der Waals surface area contributed by atoms with Gasteiger partial charge in [-0.2, -0.15) is 0 Å². The molecule has 0 aliphatic heterocycles. The molecule has 17 heavy (non-hydrogen) atoms. The van der Waals surface area contributed by atoms with Crippen molar-refractivity contribution in [2.75, 3.05) is 6.54 Å². The van der Waals surface area contributed by atoms with Gasteiger partial charge in [0.05, 0.1) is 0 Å². The van der Waals surface area contributed by atoms with Gasteiger partial charge < -0.3 is 5.32 Å². The Morgan fingerprint density at radius 2 is 1.71 bits per heavy atom. The largest absolute Gasteiger partial charge is 0.311 e. The zero-order valence-electron chi connectivity index (χ0n) is 12.0. The molecule has 0 aliphatic carbocycles. The second-order valence-corrected chi connectivity index (χ2v) is 5.81. The standard InChI is InChI=1S/C16H27N/c1-6-16(4,5)17-12-11-14-7-9-15(10-8-14)13(2)3/h7-10,13,17H,6,11-12H2,1-5H3. The number of hydrogen-bond acceptors (Lipinski definition) is 1. The molecule has 1 N–H and O–H groups in total. The molecule has 0 unspecified atom stereocenters. The normalized spacial score (nSPS) is 12.1. The summed E-state index contributed by atoms with van der Waals surface area (Å²) in [5.74, 6) is 0.626. The summed E-state index contributed by atoms with van der Waals surface area (Å²) in [6.07, 6.45) is 2.28. The molecule has 0 fully saturated rings. The minimum Gasteiger partial charge on any atom is -0.311 e. The number of nitrogens with one attached hydrogen (secondary N) is 1. The highest BCUT2D eigenvalue weighted by molar-refractivity contribution is 5.24. The molecule has 1 rings (SSSR count). The van der Waals surface area contributed by atoms with Crippen LogP contribution in [0.3, 0.4) is 0 Å². The lowest BCUT2D eigenvalue weighted by atomic mass is 9.99. The fraction of sp³-hybridized carbons (Fsp3) is 0.625. The van der Waals surface area contributed by atoms with Crippen molar-refractivity contribution in [3.63, 3.8) is 0 Å². The van der Waals surface area contributed by atoms with E-state index >= 15 is 0 Å². The van der Waals surface area contributed by atoms with Crippen molar-refractivity contribution >= 4 is 0 Å². The Labute approximate surface area is 107 Å². The van der Waals surface area contributed by atoms with Crippen LogP contribution in [0.15, 0.2) is 24.3 Å². The molecule has 1 aromatic rings. The third kappa shape index (κ3) is 4.91. The number of rotatable bonds is 6. The fourth-order valence-corrected chi connectivity index (χ4v) is 1.74. The molecule has 0 amide bonds. The van der Waals surface area contributed by atoms with Gasteiger partial charge in [0.25, 0.3) is 0 Å². The fourth-order valence-electron chi connectivity index (χ4n) is 1.74. The van der Waals surface area contributed by atoms with E-state index < -0.39 is 0 Å². The van der Waals surface area contributed by atoms with Crippen LogP contribution in [0.25, 0.3) is 0 Å². The molecule has 0 heterocycles. The lowest BCUT2D eigenvalue weighted by Crippen LogP contribution is -2.39. The molecule has 96 valence electrons. The zero-order chi connectivity index (χ0) is 12.9. The van der Waals surface area contributed by atoms with Gasteiger partial charge in [-0.25, -0.2) is 0 Å². The molecule has 1 aromatic carbocycles. The maximum Gasteiger partial charge on any atom is 0.0122 e. The molecular weight excluding hydrogens is 206 g/mol. The molecule has 1 heteroatoms. The van der Waals surface area contributed by atoms with Crippen LogP contribution < -0.4 is 5.32 Å². The Morgan fingerprint density at radius 3 is 2.18 bits per heavy atom. The van der Waals surface area contributed by atoms with Gasteiger partial charge in [-0.3, -0.25) is 0 Å². The van der Waals surface area contributed by atoms with E-state index in [0.717, 1.165) is 13.0 Å². The second-order valence-electron chi connectivity index (χ2n) is 5.81. The maximum absolute atomic E-state index is 3.59. The Morgan fingerprint density at radius 1 is 1.12 bits per heavy atom. The van der Waals surface area contributed by atoms with Gasteiger partial charge in [0.15, 0.2) is 0 Å². The Kier molecular flexibility index (Phi) is 5.20. The van der Waals surface area contributed by atoms with Gasteiger partial charge >= 0.3 is 0 Å². The van der Waals surface area contributed by atoms with E-state index in [1.54, 1.807) is 0 Å². The topological polar surface area (TPSA) is 12.0 Å². The first-order valence-corrected chi connectivity index (χ1v) is 6.78.